The number of hydrogen-bond acceptors (Lipinski definition) is 4. The zero-order chi connectivity index (χ0) is 11.9. The monoisotopic (exact) mass is 233 g/mol. The van der Waals surface area contributed by atoms with Crippen LogP contribution in [0.2, 0.25) is 0 Å². The largest absolute Gasteiger partial charge is 0.319 e. The van der Waals surface area contributed by atoms with Crippen molar-refractivity contribution in [1.82, 2.24) is 0 Å². The second-order valence-corrected chi connectivity index (χ2v) is 8.12. The van der Waals surface area contributed by atoms with Crippen molar-refractivity contribution in [2.75, 3.05) is 5.75 Å². The van der Waals surface area contributed by atoms with E-state index >= 15 is 0 Å². The quantitative estimate of drug-likeness (QED) is 0.773. The summed E-state index contributed by atoms with van der Waals surface area (Å²) in [7, 11) is -3.20. The maximum absolute atomic E-state index is 11.7. The highest BCUT2D eigenvalue weighted by Gasteiger charge is 2.45. The van der Waals surface area contributed by atoms with Gasteiger partial charge in [-0.2, -0.15) is 0 Å². The second kappa shape index (κ2) is 3.56. The highest BCUT2D eigenvalue weighted by atomic mass is 32.2. The summed E-state index contributed by atoms with van der Waals surface area (Å²) in [4.78, 5) is 11.5. The van der Waals surface area contributed by atoms with Crippen LogP contribution in [0, 0.1) is 0 Å². The molecule has 0 aliphatic heterocycles. The second-order valence-electron chi connectivity index (χ2n) is 5.26. The molecule has 1 saturated carbocycles. The van der Waals surface area contributed by atoms with E-state index in [1.54, 1.807) is 20.8 Å². The van der Waals surface area contributed by atoms with Gasteiger partial charge in [-0.05, 0) is 33.6 Å². The van der Waals surface area contributed by atoms with Gasteiger partial charge >= 0.3 is 0 Å². The minimum atomic E-state index is -3.20. The number of hydrogen-bond donors (Lipinski definition) is 1. The van der Waals surface area contributed by atoms with Gasteiger partial charge in [0.2, 0.25) is 0 Å². The summed E-state index contributed by atoms with van der Waals surface area (Å²) >= 11 is 0. The molecule has 0 amide bonds. The first kappa shape index (κ1) is 12.6. The van der Waals surface area contributed by atoms with Gasteiger partial charge in [0.05, 0.1) is 16.0 Å². The molecule has 0 unspecified atom stereocenters. The molecule has 5 heteroatoms. The number of nitrogens with two attached hydrogens (primary N) is 1. The lowest BCUT2D eigenvalue weighted by Crippen LogP contribution is -2.36. The third-order valence-electron chi connectivity index (χ3n) is 2.87. The molecule has 0 radical (unpaired) electrons. The lowest BCUT2D eigenvalue weighted by Gasteiger charge is -2.19. The first-order valence-electron chi connectivity index (χ1n) is 5.13. The lowest BCUT2D eigenvalue weighted by molar-refractivity contribution is -0.120. The molecule has 1 fully saturated rings. The molecule has 15 heavy (non-hydrogen) atoms. The Morgan fingerprint density at radius 3 is 2.13 bits per heavy atom. The molecule has 2 N–H and O–H groups in total. The van der Waals surface area contributed by atoms with Crippen LogP contribution in [0.1, 0.15) is 40.0 Å². The lowest BCUT2D eigenvalue weighted by atomic mass is 10.1. The van der Waals surface area contributed by atoms with E-state index in [2.05, 4.69) is 0 Å². The average molecular weight is 233 g/mol. The Morgan fingerprint density at radius 2 is 1.80 bits per heavy atom. The van der Waals surface area contributed by atoms with Crippen molar-refractivity contribution in [3.8, 4) is 0 Å². The van der Waals surface area contributed by atoms with E-state index in [1.807, 2.05) is 0 Å². The first-order valence-corrected chi connectivity index (χ1v) is 6.78. The normalized spacial score (nSPS) is 20.0. The van der Waals surface area contributed by atoms with E-state index in [4.69, 9.17) is 5.73 Å². The van der Waals surface area contributed by atoms with E-state index in [0.717, 1.165) is 0 Å². The Morgan fingerprint density at radius 1 is 1.33 bits per heavy atom. The van der Waals surface area contributed by atoms with Crippen LogP contribution in [-0.2, 0) is 14.6 Å². The van der Waals surface area contributed by atoms with Crippen LogP contribution in [-0.4, -0.2) is 30.2 Å². The third-order valence-corrected chi connectivity index (χ3v) is 5.48. The van der Waals surface area contributed by atoms with Gasteiger partial charge in [0, 0.05) is 6.42 Å². The number of sulfone groups is 1. The van der Waals surface area contributed by atoms with Crippen molar-refractivity contribution in [3.05, 3.63) is 0 Å². The molecule has 0 aromatic rings. The molecule has 0 spiro atoms. The van der Waals surface area contributed by atoms with E-state index in [0.29, 0.717) is 12.8 Å². The van der Waals surface area contributed by atoms with Crippen molar-refractivity contribution in [1.29, 1.82) is 0 Å². The zero-order valence-electron chi connectivity index (χ0n) is 9.54. The van der Waals surface area contributed by atoms with Gasteiger partial charge in [0.25, 0.3) is 0 Å². The van der Waals surface area contributed by atoms with Crippen LogP contribution in [0.25, 0.3) is 0 Å². The Balaban J connectivity index is 2.54. The molecular weight excluding hydrogens is 214 g/mol. The predicted molar refractivity (Wildman–Crippen MR) is 59.3 cm³/mol. The molecule has 0 aromatic heterocycles. The van der Waals surface area contributed by atoms with Crippen molar-refractivity contribution in [2.24, 2.45) is 5.73 Å². The minimum absolute atomic E-state index is 0.0517. The summed E-state index contributed by atoms with van der Waals surface area (Å²) in [6.45, 7) is 4.92. The Labute approximate surface area is 91.1 Å². The molecular formula is C10H19NO3S. The van der Waals surface area contributed by atoms with E-state index in [-0.39, 0.29) is 18.0 Å². The van der Waals surface area contributed by atoms with Gasteiger partial charge in [0.1, 0.15) is 0 Å². The van der Waals surface area contributed by atoms with Gasteiger partial charge in [-0.15, -0.1) is 0 Å². The Hall–Kier alpha value is -0.420. The van der Waals surface area contributed by atoms with Gasteiger partial charge in [0.15, 0.2) is 15.6 Å². The summed E-state index contributed by atoms with van der Waals surface area (Å²) in [6, 6.07) is 0. The highest BCUT2D eigenvalue weighted by Crippen LogP contribution is 2.34. The Kier molecular flexibility index (Phi) is 3.00. The van der Waals surface area contributed by atoms with Crippen LogP contribution < -0.4 is 5.73 Å². The van der Waals surface area contributed by atoms with Crippen LogP contribution in [0.15, 0.2) is 0 Å². The number of carbonyl (C=O) groups excluding carboxylic acids is 1. The fraction of sp³-hybridized carbons (Fsp3) is 0.900. The first-order chi connectivity index (χ1) is 6.58. The zero-order valence-corrected chi connectivity index (χ0v) is 10.4. The molecule has 1 rings (SSSR count). The summed E-state index contributed by atoms with van der Waals surface area (Å²) in [5.74, 6) is -0.204. The average Bonchev–Trinajstić information content (AvgIpc) is 2.79. The van der Waals surface area contributed by atoms with E-state index in [1.165, 1.54) is 0 Å². The molecule has 0 saturated heterocycles. The molecule has 0 aromatic carbocycles. The highest BCUT2D eigenvalue weighted by molar-refractivity contribution is 7.92. The number of Topliss-reactive ketones (excluding diaryl/α,β-unsaturated/α-hetero) is 1. The van der Waals surface area contributed by atoms with Crippen molar-refractivity contribution in [2.45, 2.75) is 50.3 Å². The molecule has 0 atom stereocenters. The van der Waals surface area contributed by atoms with Gasteiger partial charge in [-0.1, -0.05) is 0 Å². The van der Waals surface area contributed by atoms with E-state index in [9.17, 15) is 13.2 Å². The van der Waals surface area contributed by atoms with Crippen LogP contribution in [0.3, 0.4) is 0 Å². The van der Waals surface area contributed by atoms with Crippen LogP contribution >= 0.6 is 0 Å². The van der Waals surface area contributed by atoms with Gasteiger partial charge in [-0.3, -0.25) is 4.79 Å². The fourth-order valence-corrected chi connectivity index (χ4v) is 2.26. The fourth-order valence-electron chi connectivity index (χ4n) is 1.20. The number of carbonyl (C=O) groups is 1. The predicted octanol–water partition coefficient (Wildman–Crippen LogP) is 0.650. The molecule has 88 valence electrons. The smallest absolute Gasteiger partial charge is 0.155 e. The summed E-state index contributed by atoms with van der Waals surface area (Å²) in [6.07, 6.45) is 1.44. The molecule has 1 aliphatic rings. The molecule has 0 bridgehead atoms. The number of ketones is 1. The van der Waals surface area contributed by atoms with Crippen LogP contribution in [0.4, 0.5) is 0 Å². The maximum atomic E-state index is 11.7. The standard InChI is InChI=1S/C10H19NO3S/c1-9(2,3)15(13,14)7-4-8(12)10(11)5-6-10/h4-7,11H2,1-3H3. The van der Waals surface area contributed by atoms with Crippen molar-refractivity contribution < 1.29 is 13.2 Å². The summed E-state index contributed by atoms with van der Waals surface area (Å²) in [5.41, 5.74) is 4.98. The molecule has 0 heterocycles. The topological polar surface area (TPSA) is 77.2 Å². The maximum Gasteiger partial charge on any atom is 0.155 e. The van der Waals surface area contributed by atoms with E-state index < -0.39 is 20.1 Å². The van der Waals surface area contributed by atoms with Crippen molar-refractivity contribution >= 4 is 15.6 Å². The third kappa shape index (κ3) is 2.78. The van der Waals surface area contributed by atoms with Crippen molar-refractivity contribution in [3.63, 3.8) is 0 Å². The van der Waals surface area contributed by atoms with Crippen LogP contribution in [0.5, 0.6) is 0 Å². The molecule has 1 aliphatic carbocycles. The summed E-state index contributed by atoms with van der Waals surface area (Å²) in [5, 5.41) is 0. The Bertz CT molecular complexity index is 361. The molecule has 4 nitrogen and oxygen atoms in total. The minimum Gasteiger partial charge on any atom is -0.319 e. The van der Waals surface area contributed by atoms with Gasteiger partial charge in [-0.25, -0.2) is 8.42 Å². The summed E-state index contributed by atoms with van der Waals surface area (Å²) < 4.78 is 22.6. The van der Waals surface area contributed by atoms with Gasteiger partial charge < -0.3 is 5.73 Å². The SMILES string of the molecule is CC(C)(C)S(=O)(=O)CCC(=O)C1(N)CC1. The number of rotatable bonds is 4.